The van der Waals surface area contributed by atoms with Crippen LogP contribution in [0.25, 0.3) is 0 Å². The molecule has 3 rings (SSSR count). The van der Waals surface area contributed by atoms with Gasteiger partial charge in [-0.1, -0.05) is 12.1 Å². The lowest BCUT2D eigenvalue weighted by molar-refractivity contribution is -0.384. The Hall–Kier alpha value is -5.57. The number of nitriles is 1. The Bertz CT molecular complexity index is 1440. The molecular formula is C26H21N5O7. The number of nitrogens with zero attached hydrogens (tertiary/aromatic N) is 3. The van der Waals surface area contributed by atoms with Gasteiger partial charge in [-0.05, 0) is 55.0 Å². The predicted octanol–water partition coefficient (Wildman–Crippen LogP) is 3.37. The van der Waals surface area contributed by atoms with Crippen LogP contribution in [-0.2, 0) is 16.0 Å². The van der Waals surface area contributed by atoms with Crippen molar-refractivity contribution in [2.75, 3.05) is 12.4 Å². The number of benzene rings is 3. The van der Waals surface area contributed by atoms with Crippen molar-refractivity contribution < 1.29 is 28.8 Å². The Labute approximate surface area is 216 Å². The summed E-state index contributed by atoms with van der Waals surface area (Å²) in [5.74, 6) is -2.38. The zero-order chi connectivity index (χ0) is 27.7. The summed E-state index contributed by atoms with van der Waals surface area (Å²) < 4.78 is 10.6. The molecule has 0 saturated heterocycles. The summed E-state index contributed by atoms with van der Waals surface area (Å²) in [6.45, 7) is 1.59. The van der Waals surface area contributed by atoms with Gasteiger partial charge in [-0.15, -0.1) is 0 Å². The van der Waals surface area contributed by atoms with Gasteiger partial charge in [0.05, 0.1) is 35.8 Å². The van der Waals surface area contributed by atoms with E-state index in [1.54, 1.807) is 37.3 Å². The van der Waals surface area contributed by atoms with Gasteiger partial charge in [0.1, 0.15) is 0 Å². The van der Waals surface area contributed by atoms with Gasteiger partial charge in [-0.3, -0.25) is 19.7 Å². The lowest BCUT2D eigenvalue weighted by Crippen LogP contribution is -2.32. The fourth-order valence-corrected chi connectivity index (χ4v) is 3.09. The third-order valence-corrected chi connectivity index (χ3v) is 5.12. The van der Waals surface area contributed by atoms with Crippen LogP contribution >= 0.6 is 0 Å². The first-order valence-corrected chi connectivity index (χ1v) is 11.0. The molecule has 0 spiro atoms. The van der Waals surface area contributed by atoms with Crippen LogP contribution in [0.4, 0.5) is 11.4 Å². The lowest BCUT2D eigenvalue weighted by atomic mass is 10.1. The molecule has 3 aromatic rings. The van der Waals surface area contributed by atoms with Crippen molar-refractivity contribution in [2.45, 2.75) is 13.3 Å². The summed E-state index contributed by atoms with van der Waals surface area (Å²) in [5.41, 5.74) is 4.12. The highest BCUT2D eigenvalue weighted by Gasteiger charge is 2.16. The molecule has 0 fully saturated rings. The molecule has 0 aliphatic heterocycles. The van der Waals surface area contributed by atoms with Crippen molar-refractivity contribution in [2.24, 2.45) is 5.10 Å². The summed E-state index contributed by atoms with van der Waals surface area (Å²) in [5, 5.41) is 25.9. The number of methoxy groups -OCH3 is 1. The predicted molar refractivity (Wildman–Crippen MR) is 136 cm³/mol. The molecule has 38 heavy (non-hydrogen) atoms. The molecule has 12 heteroatoms. The summed E-state index contributed by atoms with van der Waals surface area (Å²) >= 11 is 0. The van der Waals surface area contributed by atoms with E-state index in [0.29, 0.717) is 17.0 Å². The van der Waals surface area contributed by atoms with Gasteiger partial charge in [0, 0.05) is 23.4 Å². The Morgan fingerprint density at radius 1 is 0.974 bits per heavy atom. The van der Waals surface area contributed by atoms with E-state index in [1.165, 1.54) is 43.5 Å². The fraction of sp³-hybridized carbons (Fsp3) is 0.115. The molecule has 0 saturated carbocycles. The Morgan fingerprint density at radius 2 is 1.63 bits per heavy atom. The average molecular weight is 515 g/mol. The fourth-order valence-electron chi connectivity index (χ4n) is 3.09. The number of carbonyl (C=O) groups excluding carboxylic acids is 3. The van der Waals surface area contributed by atoms with Crippen molar-refractivity contribution in [3.8, 4) is 17.6 Å². The summed E-state index contributed by atoms with van der Waals surface area (Å²) in [4.78, 5) is 46.9. The van der Waals surface area contributed by atoms with Crippen LogP contribution in [0, 0.1) is 21.4 Å². The second kappa shape index (κ2) is 12.4. The molecule has 192 valence electrons. The standard InChI is InChI=1S/C26H21N5O7/c1-16(29-30-25(33)24(32)28-20-8-3-17(4-9-20)13-14-27)19-7-12-22(23(15-19)37-2)38-26(34)18-5-10-21(11-6-18)31(35)36/h3-12,15H,13H2,1-2H3,(H,28,32)(H,30,33). The smallest absolute Gasteiger partial charge is 0.343 e. The number of esters is 1. The number of hydrogen-bond donors (Lipinski definition) is 2. The quantitative estimate of drug-likeness (QED) is 0.115. The molecule has 0 heterocycles. The average Bonchev–Trinajstić information content (AvgIpc) is 2.92. The van der Waals surface area contributed by atoms with Crippen LogP contribution in [0.1, 0.15) is 28.4 Å². The number of rotatable bonds is 8. The maximum Gasteiger partial charge on any atom is 0.343 e. The lowest BCUT2D eigenvalue weighted by Gasteiger charge is -2.11. The number of anilines is 1. The highest BCUT2D eigenvalue weighted by atomic mass is 16.6. The SMILES string of the molecule is COc1cc(C(C)=NNC(=O)C(=O)Nc2ccc(CC#N)cc2)ccc1OC(=O)c1ccc([N+](=O)[O-])cc1. The molecule has 2 N–H and O–H groups in total. The Kier molecular flexibility index (Phi) is 8.82. The molecule has 0 aliphatic carbocycles. The number of carbonyl (C=O) groups is 3. The van der Waals surface area contributed by atoms with Gasteiger partial charge in [-0.2, -0.15) is 10.4 Å². The minimum absolute atomic E-state index is 0.0941. The van der Waals surface area contributed by atoms with Gasteiger partial charge in [0.25, 0.3) is 5.69 Å². The first-order valence-electron chi connectivity index (χ1n) is 11.0. The molecule has 0 bridgehead atoms. The largest absolute Gasteiger partial charge is 0.493 e. The number of nitro benzene ring substituents is 1. The van der Waals surface area contributed by atoms with E-state index < -0.39 is 22.7 Å². The van der Waals surface area contributed by atoms with Crippen molar-refractivity contribution in [3.05, 3.63) is 93.5 Å². The van der Waals surface area contributed by atoms with E-state index in [2.05, 4.69) is 15.8 Å². The van der Waals surface area contributed by atoms with Crippen LogP contribution in [0.5, 0.6) is 11.5 Å². The minimum atomic E-state index is -0.994. The molecular weight excluding hydrogens is 494 g/mol. The summed E-state index contributed by atoms with van der Waals surface area (Å²) in [7, 11) is 1.37. The molecule has 12 nitrogen and oxygen atoms in total. The van der Waals surface area contributed by atoms with Crippen molar-refractivity contribution >= 4 is 34.9 Å². The second-order valence-corrected chi connectivity index (χ2v) is 7.68. The monoisotopic (exact) mass is 515 g/mol. The van der Waals surface area contributed by atoms with E-state index in [0.717, 1.165) is 5.56 Å². The Balaban J connectivity index is 1.63. The molecule has 2 amide bonds. The number of nitrogens with one attached hydrogen (secondary N) is 2. The maximum atomic E-state index is 12.4. The van der Waals surface area contributed by atoms with E-state index in [1.807, 2.05) is 6.07 Å². The molecule has 0 radical (unpaired) electrons. The number of hydrazone groups is 1. The molecule has 0 unspecified atom stereocenters. The highest BCUT2D eigenvalue weighted by molar-refractivity contribution is 6.39. The van der Waals surface area contributed by atoms with Crippen molar-refractivity contribution in [1.29, 1.82) is 5.26 Å². The van der Waals surface area contributed by atoms with Gasteiger partial charge < -0.3 is 14.8 Å². The van der Waals surface area contributed by atoms with Crippen LogP contribution in [0.2, 0.25) is 0 Å². The number of nitro groups is 1. The number of non-ortho nitro benzene ring substituents is 1. The molecule has 0 atom stereocenters. The highest BCUT2D eigenvalue weighted by Crippen LogP contribution is 2.29. The molecule has 3 aromatic carbocycles. The zero-order valence-electron chi connectivity index (χ0n) is 20.3. The topological polar surface area (TPSA) is 173 Å². The third-order valence-electron chi connectivity index (χ3n) is 5.12. The normalized spacial score (nSPS) is 10.6. The maximum absolute atomic E-state index is 12.4. The van der Waals surface area contributed by atoms with Crippen LogP contribution < -0.4 is 20.2 Å². The molecule has 0 aromatic heterocycles. The van der Waals surface area contributed by atoms with Crippen LogP contribution in [0.3, 0.4) is 0 Å². The van der Waals surface area contributed by atoms with Gasteiger partial charge in [-0.25, -0.2) is 10.2 Å². The zero-order valence-corrected chi connectivity index (χ0v) is 20.3. The number of hydrogen-bond acceptors (Lipinski definition) is 9. The molecule has 0 aliphatic rings. The summed E-state index contributed by atoms with van der Waals surface area (Å²) in [6, 6.07) is 18.0. The number of ether oxygens (including phenoxy) is 2. The van der Waals surface area contributed by atoms with E-state index >= 15 is 0 Å². The summed E-state index contributed by atoms with van der Waals surface area (Å²) in [6.07, 6.45) is 0.233. The third kappa shape index (κ3) is 6.98. The first kappa shape index (κ1) is 27.0. The first-order chi connectivity index (χ1) is 18.2. The van der Waals surface area contributed by atoms with Gasteiger partial charge >= 0.3 is 17.8 Å². The van der Waals surface area contributed by atoms with E-state index in [9.17, 15) is 24.5 Å². The van der Waals surface area contributed by atoms with Gasteiger partial charge in [0.15, 0.2) is 11.5 Å². The van der Waals surface area contributed by atoms with E-state index in [-0.39, 0.29) is 29.2 Å². The Morgan fingerprint density at radius 3 is 2.24 bits per heavy atom. The van der Waals surface area contributed by atoms with E-state index in [4.69, 9.17) is 14.7 Å². The van der Waals surface area contributed by atoms with Crippen molar-refractivity contribution in [3.63, 3.8) is 0 Å². The van der Waals surface area contributed by atoms with Crippen LogP contribution in [-0.4, -0.2) is 35.5 Å². The van der Waals surface area contributed by atoms with Crippen LogP contribution in [0.15, 0.2) is 71.8 Å². The van der Waals surface area contributed by atoms with Crippen molar-refractivity contribution in [1.82, 2.24) is 5.43 Å². The second-order valence-electron chi connectivity index (χ2n) is 7.68. The van der Waals surface area contributed by atoms with Gasteiger partial charge in [0.2, 0.25) is 0 Å². The minimum Gasteiger partial charge on any atom is -0.493 e. The number of amides is 2.